The topological polar surface area (TPSA) is 118 Å². The smallest absolute Gasteiger partial charge is 0.332 e. The van der Waals surface area contributed by atoms with Crippen molar-refractivity contribution < 1.29 is 30.3 Å². The van der Waals surface area contributed by atoms with Crippen LogP contribution in [-0.4, -0.2) is 55.9 Å². The molecule has 30 heavy (non-hydrogen) atoms. The molecule has 0 heterocycles. The zero-order valence-corrected chi connectivity index (χ0v) is 18.6. The van der Waals surface area contributed by atoms with Gasteiger partial charge in [-0.2, -0.15) is 0 Å². The fraction of sp³-hybridized carbons (Fsp3) is 0.958. The Morgan fingerprint density at radius 3 is 2.40 bits per heavy atom. The first-order valence-electron chi connectivity index (χ1n) is 11.9. The van der Waals surface area contributed by atoms with Crippen LogP contribution in [0.15, 0.2) is 0 Å². The van der Waals surface area contributed by atoms with E-state index in [9.17, 15) is 25.2 Å². The average molecular weight is 425 g/mol. The number of aliphatic hydroxyl groups is 4. The van der Waals surface area contributed by atoms with Gasteiger partial charge in [0.25, 0.3) is 0 Å². The number of hydrogen-bond donors (Lipinski definition) is 5. The molecule has 0 saturated heterocycles. The molecule has 0 bridgehead atoms. The molecule has 4 aliphatic carbocycles. The molecule has 6 nitrogen and oxygen atoms in total. The third-order valence-corrected chi connectivity index (χ3v) is 10.4. The van der Waals surface area contributed by atoms with Crippen LogP contribution in [0.1, 0.15) is 72.1 Å². The molecular weight excluding hydrogens is 384 g/mol. The van der Waals surface area contributed by atoms with E-state index < -0.39 is 24.3 Å². The Morgan fingerprint density at radius 2 is 1.73 bits per heavy atom. The summed E-state index contributed by atoms with van der Waals surface area (Å²) in [5, 5.41) is 51.9. The average Bonchev–Trinajstić information content (AvgIpc) is 3.02. The predicted octanol–water partition coefficient (Wildman–Crippen LogP) is 2.42. The van der Waals surface area contributed by atoms with E-state index in [0.29, 0.717) is 12.3 Å². The monoisotopic (exact) mass is 424 g/mol. The lowest BCUT2D eigenvalue weighted by Gasteiger charge is -2.63. The molecule has 0 aliphatic heterocycles. The summed E-state index contributed by atoms with van der Waals surface area (Å²) in [4.78, 5) is 11.1. The van der Waals surface area contributed by atoms with Crippen molar-refractivity contribution in [2.45, 2.75) is 96.6 Å². The first-order chi connectivity index (χ1) is 14.0. The van der Waals surface area contributed by atoms with Crippen molar-refractivity contribution in [2.75, 3.05) is 0 Å². The van der Waals surface area contributed by atoms with E-state index in [0.717, 1.165) is 38.5 Å². The summed E-state index contributed by atoms with van der Waals surface area (Å²) < 4.78 is 0. The van der Waals surface area contributed by atoms with Crippen molar-refractivity contribution in [3.05, 3.63) is 0 Å². The van der Waals surface area contributed by atoms with Crippen molar-refractivity contribution in [1.82, 2.24) is 0 Å². The molecule has 0 radical (unpaired) electrons. The number of carbonyl (C=O) groups is 1. The zero-order chi connectivity index (χ0) is 22.0. The van der Waals surface area contributed by atoms with Gasteiger partial charge in [0.1, 0.15) is 0 Å². The number of hydrogen-bond acceptors (Lipinski definition) is 5. The summed E-state index contributed by atoms with van der Waals surface area (Å²) in [6, 6.07) is 0. The highest BCUT2D eigenvalue weighted by molar-refractivity contribution is 5.71. The second-order valence-electron chi connectivity index (χ2n) is 11.6. The Morgan fingerprint density at radius 1 is 1.03 bits per heavy atom. The Labute approximate surface area is 179 Å². The van der Waals surface area contributed by atoms with E-state index in [2.05, 4.69) is 13.8 Å². The van der Waals surface area contributed by atoms with Crippen LogP contribution < -0.4 is 0 Å². The maximum atomic E-state index is 11.5. The second kappa shape index (κ2) is 7.72. The van der Waals surface area contributed by atoms with Gasteiger partial charge in [-0.1, -0.05) is 20.8 Å². The standard InChI is InChI=1S/C24H40O6/c1-12(8-19(27)22(29)30)15-4-5-16-21-17(11-20(28)24(15,16)3)23(2)7-6-14(25)9-13(23)10-18(21)26/h12-21,25-28H,4-11H2,1-3H3,(H,29,30)/t12-,13-,14-,15-,16+,17+,18-,19-,20+,21+,23+,24-/m1/s1. The molecular formula is C24H40O6. The molecule has 0 spiro atoms. The van der Waals surface area contributed by atoms with Crippen LogP contribution in [0.5, 0.6) is 0 Å². The quantitative estimate of drug-likeness (QED) is 0.473. The van der Waals surface area contributed by atoms with Crippen LogP contribution in [0, 0.1) is 46.3 Å². The zero-order valence-electron chi connectivity index (χ0n) is 18.6. The summed E-state index contributed by atoms with van der Waals surface area (Å²) in [6.07, 6.45) is 3.40. The van der Waals surface area contributed by atoms with Gasteiger partial charge in [0.05, 0.1) is 18.3 Å². The number of aliphatic carboxylic acids is 1. The van der Waals surface area contributed by atoms with Crippen molar-refractivity contribution in [2.24, 2.45) is 46.3 Å². The molecule has 0 aromatic rings. The van der Waals surface area contributed by atoms with Crippen LogP contribution in [0.3, 0.4) is 0 Å². The highest BCUT2D eigenvalue weighted by Crippen LogP contribution is 2.68. The lowest BCUT2D eigenvalue weighted by molar-refractivity contribution is -0.207. The number of carboxylic acid groups (broad SMARTS) is 1. The lowest BCUT2D eigenvalue weighted by Crippen LogP contribution is -2.62. The molecule has 4 rings (SSSR count). The van der Waals surface area contributed by atoms with Crippen LogP contribution in [0.4, 0.5) is 0 Å². The van der Waals surface area contributed by atoms with Crippen molar-refractivity contribution in [3.8, 4) is 0 Å². The Balaban J connectivity index is 1.61. The van der Waals surface area contributed by atoms with Crippen LogP contribution in [0.2, 0.25) is 0 Å². The Bertz CT molecular complexity index is 668. The maximum Gasteiger partial charge on any atom is 0.332 e. The largest absolute Gasteiger partial charge is 0.479 e. The number of rotatable bonds is 4. The number of carboxylic acids is 1. The van der Waals surface area contributed by atoms with E-state index in [1.54, 1.807) is 0 Å². The molecule has 12 atom stereocenters. The minimum atomic E-state index is -1.37. The van der Waals surface area contributed by atoms with Gasteiger partial charge in [0, 0.05) is 0 Å². The van der Waals surface area contributed by atoms with Gasteiger partial charge in [-0.05, 0) is 97.7 Å². The van der Waals surface area contributed by atoms with Gasteiger partial charge in [-0.15, -0.1) is 0 Å². The number of fused-ring (bicyclic) bond motifs is 5. The minimum Gasteiger partial charge on any atom is -0.479 e. The first kappa shape index (κ1) is 22.5. The Kier molecular flexibility index (Phi) is 5.79. The molecule has 4 fully saturated rings. The third-order valence-electron chi connectivity index (χ3n) is 10.4. The van der Waals surface area contributed by atoms with Crippen molar-refractivity contribution in [3.63, 3.8) is 0 Å². The molecule has 0 unspecified atom stereocenters. The van der Waals surface area contributed by atoms with E-state index in [1.807, 2.05) is 6.92 Å². The summed E-state index contributed by atoms with van der Waals surface area (Å²) in [6.45, 7) is 6.47. The van der Waals surface area contributed by atoms with Crippen LogP contribution in [0.25, 0.3) is 0 Å². The molecule has 0 aromatic heterocycles. The van der Waals surface area contributed by atoms with Gasteiger partial charge in [0.15, 0.2) is 6.10 Å². The van der Waals surface area contributed by atoms with E-state index in [-0.39, 0.29) is 52.9 Å². The number of aliphatic hydroxyl groups excluding tert-OH is 4. The summed E-state index contributed by atoms with van der Waals surface area (Å²) in [5.74, 6) is -0.144. The van der Waals surface area contributed by atoms with E-state index in [1.165, 1.54) is 0 Å². The molecule has 0 aromatic carbocycles. The van der Waals surface area contributed by atoms with Gasteiger partial charge >= 0.3 is 5.97 Å². The molecule has 4 aliphatic rings. The summed E-state index contributed by atoms with van der Waals surface area (Å²) in [7, 11) is 0. The van der Waals surface area contributed by atoms with Gasteiger partial charge in [0.2, 0.25) is 0 Å². The molecule has 0 amide bonds. The fourth-order valence-corrected chi connectivity index (χ4v) is 8.75. The minimum absolute atomic E-state index is 0.00815. The molecule has 172 valence electrons. The fourth-order valence-electron chi connectivity index (χ4n) is 8.75. The normalized spacial score (nSPS) is 52.6. The second-order valence-corrected chi connectivity index (χ2v) is 11.6. The Hall–Kier alpha value is -0.690. The van der Waals surface area contributed by atoms with Gasteiger partial charge < -0.3 is 25.5 Å². The SMILES string of the molecule is C[C@H](C[C@@H](O)C(=O)O)[C@H]1CC[C@H]2[C@@H]3[C@H](O)C[C@H]4C[C@H](O)CC[C@]4(C)[C@H]3C[C@H](O)[C@]12C. The maximum absolute atomic E-state index is 11.5. The van der Waals surface area contributed by atoms with Gasteiger partial charge in [-0.3, -0.25) is 0 Å². The van der Waals surface area contributed by atoms with E-state index in [4.69, 9.17) is 5.11 Å². The lowest BCUT2D eigenvalue weighted by atomic mass is 9.43. The van der Waals surface area contributed by atoms with Crippen LogP contribution >= 0.6 is 0 Å². The summed E-state index contributed by atoms with van der Waals surface area (Å²) >= 11 is 0. The van der Waals surface area contributed by atoms with Crippen molar-refractivity contribution in [1.29, 1.82) is 0 Å². The van der Waals surface area contributed by atoms with Crippen LogP contribution in [-0.2, 0) is 4.79 Å². The van der Waals surface area contributed by atoms with Gasteiger partial charge in [-0.25, -0.2) is 4.79 Å². The molecule has 4 saturated carbocycles. The third kappa shape index (κ3) is 3.25. The van der Waals surface area contributed by atoms with E-state index >= 15 is 0 Å². The highest BCUT2D eigenvalue weighted by atomic mass is 16.4. The molecule has 5 N–H and O–H groups in total. The molecule has 6 heteroatoms. The van der Waals surface area contributed by atoms with Crippen molar-refractivity contribution >= 4 is 5.97 Å². The summed E-state index contributed by atoms with van der Waals surface area (Å²) in [5.41, 5.74) is -0.314. The highest BCUT2D eigenvalue weighted by Gasteiger charge is 2.65. The predicted molar refractivity (Wildman–Crippen MR) is 111 cm³/mol. The first-order valence-corrected chi connectivity index (χ1v) is 11.9.